The number of aliphatic carboxylic acids is 1. The van der Waals surface area contributed by atoms with Crippen molar-refractivity contribution in [2.45, 2.75) is 76.7 Å². The number of nitrogens with zero attached hydrogens (tertiary/aromatic N) is 1. The molecule has 1 aliphatic carbocycles. The zero-order chi connectivity index (χ0) is 24.2. The Bertz CT molecular complexity index is 1050. The van der Waals surface area contributed by atoms with Gasteiger partial charge in [-0.1, -0.05) is 50.4 Å². The Morgan fingerprint density at radius 3 is 2.70 bits per heavy atom. The van der Waals surface area contributed by atoms with E-state index in [2.05, 4.69) is 30.9 Å². The van der Waals surface area contributed by atoms with Crippen LogP contribution in [0.4, 0.5) is 5.69 Å². The summed E-state index contributed by atoms with van der Waals surface area (Å²) in [6, 6.07) is 3.16. The third-order valence-electron chi connectivity index (χ3n) is 6.57. The molecule has 0 spiro atoms. The monoisotopic (exact) mass is 495 g/mol. The first kappa shape index (κ1) is 25.6. The van der Waals surface area contributed by atoms with Crippen LogP contribution in [0.2, 0.25) is 5.02 Å². The first-order valence-corrected chi connectivity index (χ1v) is 13.7. The molecule has 3 rings (SSSR count). The number of hydrogen-bond donors (Lipinski definition) is 1. The zero-order valence-electron chi connectivity index (χ0n) is 19.6. The number of unbranched alkanes of at least 4 members (excludes halogenated alkanes) is 1. The highest BCUT2D eigenvalue weighted by Gasteiger charge is 2.42. The minimum Gasteiger partial charge on any atom is -0.489 e. The molecule has 0 radical (unpaired) electrons. The van der Waals surface area contributed by atoms with Gasteiger partial charge in [0.15, 0.2) is 9.84 Å². The van der Waals surface area contributed by atoms with Crippen LogP contribution in [0.3, 0.4) is 0 Å². The van der Waals surface area contributed by atoms with Crippen LogP contribution in [0.25, 0.3) is 0 Å². The summed E-state index contributed by atoms with van der Waals surface area (Å²) in [5, 5.41) is 9.32. The third-order valence-corrected chi connectivity index (χ3v) is 8.85. The number of benzene rings is 1. The van der Waals surface area contributed by atoms with Crippen LogP contribution < -0.4 is 9.64 Å². The van der Waals surface area contributed by atoms with Gasteiger partial charge in [-0.25, -0.2) is 8.42 Å². The number of ether oxygens (including phenoxy) is 1. The first-order chi connectivity index (χ1) is 15.6. The second-order valence-electron chi connectivity index (χ2n) is 9.20. The number of carboxylic acid groups (broad SMARTS) is 1. The molecule has 1 heterocycles. The smallest absolute Gasteiger partial charge is 0.307 e. The molecule has 0 aromatic heterocycles. The second kappa shape index (κ2) is 10.5. The SMILES string of the molecule is CCCC[C@@]1(CC)CN(C2=CC=CCC2)c2cc(Cl)c(O[C@H](C)CC(=O)O)cc2S(=O)(=O)C1. The molecule has 0 fully saturated rings. The number of anilines is 1. The fraction of sp³-hybridized carbons (Fsp3) is 0.560. The summed E-state index contributed by atoms with van der Waals surface area (Å²) in [6.07, 6.45) is 10.6. The molecule has 8 heteroatoms. The highest BCUT2D eigenvalue weighted by molar-refractivity contribution is 7.91. The van der Waals surface area contributed by atoms with Gasteiger partial charge in [0, 0.05) is 23.7 Å². The topological polar surface area (TPSA) is 83.9 Å². The maximum Gasteiger partial charge on any atom is 0.307 e. The molecule has 0 unspecified atom stereocenters. The van der Waals surface area contributed by atoms with E-state index in [0.717, 1.165) is 44.2 Å². The summed E-state index contributed by atoms with van der Waals surface area (Å²) in [6.45, 7) is 6.44. The van der Waals surface area contributed by atoms with Crippen molar-refractivity contribution in [3.63, 3.8) is 0 Å². The van der Waals surface area contributed by atoms with Crippen molar-refractivity contribution in [1.29, 1.82) is 0 Å². The van der Waals surface area contributed by atoms with Gasteiger partial charge in [0.2, 0.25) is 0 Å². The number of allylic oxidation sites excluding steroid dienone is 4. The van der Waals surface area contributed by atoms with E-state index in [9.17, 15) is 13.2 Å². The quantitative estimate of drug-likeness (QED) is 0.452. The zero-order valence-corrected chi connectivity index (χ0v) is 21.2. The van der Waals surface area contributed by atoms with Crippen LogP contribution in [-0.2, 0) is 14.6 Å². The Labute approximate surface area is 202 Å². The van der Waals surface area contributed by atoms with Crippen molar-refractivity contribution in [2.24, 2.45) is 5.41 Å². The standard InChI is InChI=1S/C25H34ClNO5S/c1-4-6-12-25(5-2)16-27(19-10-8-7-9-11-19)21-14-20(26)22(32-18(3)13-24(28)29)15-23(21)33(30,31)17-25/h7-8,10,14-15,18H,4-6,9,11-13,16-17H2,1-3H3,(H,28,29)/t18-,25+/m1/s1. The number of hydrogen-bond acceptors (Lipinski definition) is 5. The van der Waals surface area contributed by atoms with E-state index in [0.29, 0.717) is 12.2 Å². The fourth-order valence-corrected chi connectivity index (χ4v) is 7.07. The van der Waals surface area contributed by atoms with Gasteiger partial charge in [0.05, 0.1) is 27.8 Å². The number of carboxylic acids is 1. The predicted molar refractivity (Wildman–Crippen MR) is 132 cm³/mol. The van der Waals surface area contributed by atoms with Gasteiger partial charge in [-0.05, 0) is 44.7 Å². The average molecular weight is 496 g/mol. The summed E-state index contributed by atoms with van der Waals surface area (Å²) >= 11 is 6.55. The molecule has 0 bridgehead atoms. The second-order valence-corrected chi connectivity index (χ2v) is 11.6. The minimum atomic E-state index is -3.64. The molecule has 182 valence electrons. The number of sulfone groups is 1. The van der Waals surface area contributed by atoms with Crippen LogP contribution >= 0.6 is 11.6 Å². The van der Waals surface area contributed by atoms with Crippen molar-refractivity contribution in [3.05, 3.63) is 41.1 Å². The van der Waals surface area contributed by atoms with Gasteiger partial charge in [0.25, 0.3) is 0 Å². The van der Waals surface area contributed by atoms with Gasteiger partial charge in [-0.2, -0.15) is 0 Å². The Morgan fingerprint density at radius 2 is 2.09 bits per heavy atom. The molecule has 33 heavy (non-hydrogen) atoms. The summed E-state index contributed by atoms with van der Waals surface area (Å²) in [7, 11) is -3.64. The minimum absolute atomic E-state index is 0.0644. The molecule has 2 aliphatic rings. The molecule has 0 saturated carbocycles. The number of halogens is 1. The summed E-state index contributed by atoms with van der Waals surface area (Å²) < 4.78 is 33.2. The summed E-state index contributed by atoms with van der Waals surface area (Å²) in [5.74, 6) is -0.731. The number of rotatable bonds is 9. The molecule has 0 saturated heterocycles. The van der Waals surface area contributed by atoms with E-state index in [1.807, 2.05) is 6.08 Å². The molecular weight excluding hydrogens is 462 g/mol. The van der Waals surface area contributed by atoms with Crippen molar-refractivity contribution >= 4 is 33.1 Å². The lowest BCUT2D eigenvalue weighted by molar-refractivity contribution is -0.138. The molecule has 1 N–H and O–H groups in total. The first-order valence-electron chi connectivity index (χ1n) is 11.7. The van der Waals surface area contributed by atoms with E-state index >= 15 is 0 Å². The van der Waals surface area contributed by atoms with E-state index in [1.54, 1.807) is 13.0 Å². The van der Waals surface area contributed by atoms with E-state index in [1.165, 1.54) is 6.07 Å². The van der Waals surface area contributed by atoms with Crippen LogP contribution in [0, 0.1) is 5.41 Å². The predicted octanol–water partition coefficient (Wildman–Crippen LogP) is 6.00. The van der Waals surface area contributed by atoms with Gasteiger partial charge in [-0.15, -0.1) is 0 Å². The maximum atomic E-state index is 13.7. The lowest BCUT2D eigenvalue weighted by Crippen LogP contribution is -2.39. The average Bonchev–Trinajstić information content (AvgIpc) is 2.85. The van der Waals surface area contributed by atoms with Crippen LogP contribution in [0.15, 0.2) is 41.0 Å². The number of fused-ring (bicyclic) bond motifs is 1. The molecule has 6 nitrogen and oxygen atoms in total. The Hall–Kier alpha value is -1.99. The Balaban J connectivity index is 2.14. The van der Waals surface area contributed by atoms with E-state index in [4.69, 9.17) is 21.4 Å². The fourth-order valence-electron chi connectivity index (χ4n) is 4.69. The molecule has 0 amide bonds. The van der Waals surface area contributed by atoms with Crippen LogP contribution in [0.5, 0.6) is 5.75 Å². The normalized spacial score (nSPS) is 22.8. The summed E-state index contributed by atoms with van der Waals surface area (Å²) in [5.41, 5.74) is 1.28. The number of carbonyl (C=O) groups is 1. The van der Waals surface area contributed by atoms with Gasteiger partial charge in [-0.3, -0.25) is 4.79 Å². The van der Waals surface area contributed by atoms with Crippen molar-refractivity contribution in [2.75, 3.05) is 17.2 Å². The van der Waals surface area contributed by atoms with Gasteiger partial charge < -0.3 is 14.7 Å². The van der Waals surface area contributed by atoms with Crippen LogP contribution in [0.1, 0.15) is 65.7 Å². The lowest BCUT2D eigenvalue weighted by atomic mass is 9.81. The van der Waals surface area contributed by atoms with E-state index in [-0.39, 0.29) is 33.3 Å². The largest absolute Gasteiger partial charge is 0.489 e. The van der Waals surface area contributed by atoms with Gasteiger partial charge >= 0.3 is 5.97 Å². The maximum absolute atomic E-state index is 13.7. The van der Waals surface area contributed by atoms with Gasteiger partial charge in [0.1, 0.15) is 11.9 Å². The molecular formula is C25H34ClNO5S. The lowest BCUT2D eigenvalue weighted by Gasteiger charge is -2.38. The molecule has 1 aromatic rings. The molecule has 2 atom stereocenters. The summed E-state index contributed by atoms with van der Waals surface area (Å²) in [4.78, 5) is 13.4. The highest BCUT2D eigenvalue weighted by atomic mass is 35.5. The van der Waals surface area contributed by atoms with Crippen LogP contribution in [-0.4, -0.2) is 37.9 Å². The van der Waals surface area contributed by atoms with E-state index < -0.39 is 21.9 Å². The highest BCUT2D eigenvalue weighted by Crippen LogP contribution is 2.46. The third kappa shape index (κ3) is 5.93. The van der Waals surface area contributed by atoms with Crippen molar-refractivity contribution < 1.29 is 23.1 Å². The Morgan fingerprint density at radius 1 is 1.33 bits per heavy atom. The van der Waals surface area contributed by atoms with Crippen molar-refractivity contribution in [3.8, 4) is 5.75 Å². The molecule has 1 aliphatic heterocycles. The van der Waals surface area contributed by atoms with Crippen molar-refractivity contribution in [1.82, 2.24) is 0 Å². The Kier molecular flexibility index (Phi) is 8.17. The molecule has 1 aromatic carbocycles.